The molecule has 21 heavy (non-hydrogen) atoms. The maximum atomic E-state index is 4.60. The second-order valence-corrected chi connectivity index (χ2v) is 6.80. The maximum Gasteiger partial charge on any atom is 0.131 e. The van der Waals surface area contributed by atoms with Crippen molar-refractivity contribution in [2.24, 2.45) is 13.0 Å². The molecule has 0 aliphatic carbocycles. The minimum absolute atomic E-state index is 0.661. The molecule has 0 aromatic carbocycles. The topological polar surface area (TPSA) is 33.1 Å². The van der Waals surface area contributed by atoms with Crippen molar-refractivity contribution < 1.29 is 0 Å². The molecule has 0 bridgehead atoms. The minimum atomic E-state index is 0.661. The number of nitrogens with one attached hydrogen (secondary N) is 1. The molecule has 0 amide bonds. The Morgan fingerprint density at radius 1 is 1.43 bits per heavy atom. The summed E-state index contributed by atoms with van der Waals surface area (Å²) in [5, 5.41) is 12.5. The number of thiophene rings is 1. The van der Waals surface area contributed by atoms with Crippen molar-refractivity contribution in [3.63, 3.8) is 0 Å². The van der Waals surface area contributed by atoms with Gasteiger partial charge in [-0.05, 0) is 41.8 Å². The van der Waals surface area contributed by atoms with E-state index in [2.05, 4.69) is 60.0 Å². The summed E-state index contributed by atoms with van der Waals surface area (Å²) in [5.41, 5.74) is 3.76. The van der Waals surface area contributed by atoms with Crippen LogP contribution in [0.4, 0.5) is 5.82 Å². The quantitative estimate of drug-likeness (QED) is 0.853. The fourth-order valence-corrected chi connectivity index (χ4v) is 3.25. The monoisotopic (exact) mass is 306 g/mol. The van der Waals surface area contributed by atoms with Crippen LogP contribution in [-0.2, 0) is 20.1 Å². The molecule has 0 aliphatic heterocycles. The average Bonchev–Trinajstić information content (AvgIpc) is 2.98. The molecule has 0 saturated carbocycles. The van der Waals surface area contributed by atoms with Gasteiger partial charge in [0.05, 0.1) is 5.69 Å². The highest BCUT2D eigenvalue weighted by Gasteiger charge is 2.17. The zero-order valence-corrected chi connectivity index (χ0v) is 14.5. The summed E-state index contributed by atoms with van der Waals surface area (Å²) in [4.78, 5) is 2.29. The van der Waals surface area contributed by atoms with Crippen LogP contribution < -0.4 is 10.2 Å². The summed E-state index contributed by atoms with van der Waals surface area (Å²) in [7, 11) is 4.17. The first-order valence-corrected chi connectivity index (χ1v) is 8.38. The summed E-state index contributed by atoms with van der Waals surface area (Å²) >= 11 is 1.75. The highest BCUT2D eigenvalue weighted by atomic mass is 32.1. The fraction of sp³-hybridized carbons (Fsp3) is 0.562. The van der Waals surface area contributed by atoms with Crippen molar-refractivity contribution in [2.45, 2.75) is 33.9 Å². The van der Waals surface area contributed by atoms with Gasteiger partial charge in [-0.3, -0.25) is 4.68 Å². The summed E-state index contributed by atoms with van der Waals surface area (Å²) in [6.07, 6.45) is 0. The van der Waals surface area contributed by atoms with Crippen molar-refractivity contribution in [3.8, 4) is 0 Å². The maximum absolute atomic E-state index is 4.60. The van der Waals surface area contributed by atoms with Crippen LogP contribution in [0.25, 0.3) is 0 Å². The third-order valence-electron chi connectivity index (χ3n) is 3.53. The molecule has 4 nitrogen and oxygen atoms in total. The van der Waals surface area contributed by atoms with Crippen LogP contribution in [0.5, 0.6) is 0 Å². The molecular weight excluding hydrogens is 280 g/mol. The summed E-state index contributed by atoms with van der Waals surface area (Å²) < 4.78 is 1.99. The molecule has 0 spiro atoms. The molecule has 1 N–H and O–H groups in total. The first-order valence-electron chi connectivity index (χ1n) is 7.44. The van der Waals surface area contributed by atoms with Crippen LogP contribution in [-0.4, -0.2) is 23.4 Å². The van der Waals surface area contributed by atoms with Gasteiger partial charge in [0.1, 0.15) is 5.82 Å². The van der Waals surface area contributed by atoms with E-state index < -0.39 is 0 Å². The lowest BCUT2D eigenvalue weighted by atomic mass is 10.2. The molecule has 0 atom stereocenters. The molecule has 0 fully saturated rings. The molecule has 0 radical (unpaired) electrons. The Morgan fingerprint density at radius 3 is 2.81 bits per heavy atom. The zero-order chi connectivity index (χ0) is 15.4. The van der Waals surface area contributed by atoms with Crippen LogP contribution in [0.2, 0.25) is 0 Å². The molecule has 2 rings (SSSR count). The number of hydrogen-bond acceptors (Lipinski definition) is 4. The molecule has 116 valence electrons. The summed E-state index contributed by atoms with van der Waals surface area (Å²) in [6.45, 7) is 9.37. The predicted molar refractivity (Wildman–Crippen MR) is 90.9 cm³/mol. The van der Waals surface area contributed by atoms with Gasteiger partial charge in [0.2, 0.25) is 0 Å². The van der Waals surface area contributed by atoms with E-state index in [9.17, 15) is 0 Å². The summed E-state index contributed by atoms with van der Waals surface area (Å²) in [6, 6.07) is 2.18. The van der Waals surface area contributed by atoms with E-state index in [-0.39, 0.29) is 0 Å². The highest BCUT2D eigenvalue weighted by molar-refractivity contribution is 7.07. The van der Waals surface area contributed by atoms with E-state index in [1.165, 1.54) is 16.9 Å². The van der Waals surface area contributed by atoms with Gasteiger partial charge in [0, 0.05) is 32.7 Å². The second kappa shape index (κ2) is 7.09. The van der Waals surface area contributed by atoms with Gasteiger partial charge in [-0.25, -0.2) is 0 Å². The van der Waals surface area contributed by atoms with E-state index in [1.54, 1.807) is 11.3 Å². The van der Waals surface area contributed by atoms with Gasteiger partial charge in [-0.15, -0.1) is 0 Å². The Hall–Kier alpha value is -1.33. The molecule has 2 aromatic heterocycles. The number of aromatic nitrogens is 2. The number of nitrogens with zero attached hydrogens (tertiary/aromatic N) is 3. The van der Waals surface area contributed by atoms with Gasteiger partial charge >= 0.3 is 0 Å². The molecule has 5 heteroatoms. The van der Waals surface area contributed by atoms with Crippen LogP contribution in [0.1, 0.15) is 30.7 Å². The van der Waals surface area contributed by atoms with Gasteiger partial charge in [0.25, 0.3) is 0 Å². The van der Waals surface area contributed by atoms with E-state index >= 15 is 0 Å². The number of hydrogen-bond donors (Lipinski definition) is 1. The van der Waals surface area contributed by atoms with Crippen LogP contribution in [0.3, 0.4) is 0 Å². The Morgan fingerprint density at radius 2 is 2.19 bits per heavy atom. The molecule has 0 saturated heterocycles. The van der Waals surface area contributed by atoms with Gasteiger partial charge in [-0.2, -0.15) is 16.4 Å². The minimum Gasteiger partial charge on any atom is -0.355 e. The molecule has 2 heterocycles. The lowest BCUT2D eigenvalue weighted by Gasteiger charge is -2.21. The number of anilines is 1. The Bertz CT molecular complexity index is 557. The van der Waals surface area contributed by atoms with Gasteiger partial charge < -0.3 is 10.2 Å². The molecular formula is C16H26N4S. The van der Waals surface area contributed by atoms with Crippen molar-refractivity contribution in [2.75, 3.05) is 18.5 Å². The Labute approximate surface area is 131 Å². The zero-order valence-electron chi connectivity index (χ0n) is 13.7. The van der Waals surface area contributed by atoms with Crippen LogP contribution >= 0.6 is 11.3 Å². The van der Waals surface area contributed by atoms with Crippen LogP contribution in [0, 0.1) is 12.8 Å². The predicted octanol–water partition coefficient (Wildman–Crippen LogP) is 3.17. The number of aryl methyl sites for hydroxylation is 2. The lowest BCUT2D eigenvalue weighted by molar-refractivity contribution is 0.551. The van der Waals surface area contributed by atoms with E-state index in [4.69, 9.17) is 0 Å². The Kier molecular flexibility index (Phi) is 5.42. The van der Waals surface area contributed by atoms with Crippen molar-refractivity contribution in [1.82, 2.24) is 15.1 Å². The van der Waals surface area contributed by atoms with E-state index in [0.29, 0.717) is 5.92 Å². The first kappa shape index (κ1) is 16.0. The number of rotatable bonds is 7. The first-order chi connectivity index (χ1) is 9.99. The van der Waals surface area contributed by atoms with Gasteiger partial charge in [-0.1, -0.05) is 13.8 Å². The van der Waals surface area contributed by atoms with Gasteiger partial charge in [0.15, 0.2) is 0 Å². The normalized spacial score (nSPS) is 11.3. The largest absolute Gasteiger partial charge is 0.355 e. The molecule has 2 aromatic rings. The third kappa shape index (κ3) is 4.08. The highest BCUT2D eigenvalue weighted by Crippen LogP contribution is 2.24. The van der Waals surface area contributed by atoms with Crippen molar-refractivity contribution >= 4 is 17.2 Å². The van der Waals surface area contributed by atoms with Crippen LogP contribution in [0.15, 0.2) is 16.8 Å². The molecule has 0 unspecified atom stereocenters. The van der Waals surface area contributed by atoms with Crippen molar-refractivity contribution in [3.05, 3.63) is 33.6 Å². The summed E-state index contributed by atoms with van der Waals surface area (Å²) in [5.74, 6) is 1.86. The molecule has 0 aliphatic rings. The lowest BCUT2D eigenvalue weighted by Crippen LogP contribution is -2.24. The second-order valence-electron chi connectivity index (χ2n) is 6.02. The SMILES string of the molecule is Cc1nn(C)c(N(C)Cc2ccsc2)c1CNCC(C)C. The third-order valence-corrected chi connectivity index (χ3v) is 4.26. The standard InChI is InChI=1S/C16H26N4S/c1-12(2)8-17-9-15-13(3)18-20(5)16(15)19(4)10-14-6-7-21-11-14/h6-7,11-12,17H,8-10H2,1-5H3. The Balaban J connectivity index is 2.13. The fourth-order valence-electron chi connectivity index (χ4n) is 2.59. The van der Waals surface area contributed by atoms with E-state index in [1.807, 2.05) is 11.7 Å². The van der Waals surface area contributed by atoms with E-state index in [0.717, 1.165) is 25.3 Å². The average molecular weight is 306 g/mol. The van der Waals surface area contributed by atoms with Crippen molar-refractivity contribution in [1.29, 1.82) is 0 Å². The smallest absolute Gasteiger partial charge is 0.131 e.